The number of anilines is 1. The molecule has 0 aliphatic carbocycles. The SMILES string of the molecule is CCOc1cc(N2CCOCC2)c(OCC)cc1C[N+]#N. The minimum absolute atomic E-state index is 0.193. The van der Waals surface area contributed by atoms with Crippen molar-refractivity contribution in [3.8, 4) is 11.5 Å². The van der Waals surface area contributed by atoms with Gasteiger partial charge < -0.3 is 19.1 Å². The summed E-state index contributed by atoms with van der Waals surface area (Å²) in [7, 11) is 0. The van der Waals surface area contributed by atoms with Crippen LogP contribution in [0.15, 0.2) is 12.1 Å². The lowest BCUT2D eigenvalue weighted by Gasteiger charge is -2.30. The molecular weight excluding hydrogens is 270 g/mol. The molecule has 1 aromatic carbocycles. The average molecular weight is 292 g/mol. The zero-order valence-electron chi connectivity index (χ0n) is 12.7. The quantitative estimate of drug-likeness (QED) is 0.754. The summed E-state index contributed by atoms with van der Waals surface area (Å²) >= 11 is 0. The largest absolute Gasteiger partial charge is 0.493 e. The summed E-state index contributed by atoms with van der Waals surface area (Å²) in [5, 5.41) is 8.85. The lowest BCUT2D eigenvalue weighted by Crippen LogP contribution is -2.36. The first kappa shape index (κ1) is 15.4. The molecule has 114 valence electrons. The second-order valence-corrected chi connectivity index (χ2v) is 4.69. The van der Waals surface area contributed by atoms with Gasteiger partial charge in [0.25, 0.3) is 0 Å². The maximum absolute atomic E-state index is 8.85. The number of hydrogen-bond acceptors (Lipinski definition) is 5. The van der Waals surface area contributed by atoms with Crippen molar-refractivity contribution in [1.29, 1.82) is 5.39 Å². The number of benzene rings is 1. The topological polar surface area (TPSA) is 59.1 Å². The molecule has 6 nitrogen and oxygen atoms in total. The molecule has 6 heteroatoms. The van der Waals surface area contributed by atoms with Crippen molar-refractivity contribution in [2.45, 2.75) is 20.4 Å². The Kier molecular flexibility index (Phi) is 5.64. The Bertz CT molecular complexity index is 508. The fourth-order valence-corrected chi connectivity index (χ4v) is 2.40. The molecule has 0 radical (unpaired) electrons. The number of nitrogens with zero attached hydrogens (tertiary/aromatic N) is 3. The van der Waals surface area contributed by atoms with Crippen LogP contribution in [0.4, 0.5) is 5.69 Å². The maximum atomic E-state index is 8.85. The van der Waals surface area contributed by atoms with Crippen molar-refractivity contribution < 1.29 is 14.2 Å². The predicted molar refractivity (Wildman–Crippen MR) is 80.6 cm³/mol. The summed E-state index contributed by atoms with van der Waals surface area (Å²) in [5.41, 5.74) is 1.82. The van der Waals surface area contributed by atoms with E-state index >= 15 is 0 Å². The second kappa shape index (κ2) is 7.70. The molecule has 0 N–H and O–H groups in total. The zero-order valence-corrected chi connectivity index (χ0v) is 12.7. The van der Waals surface area contributed by atoms with Crippen LogP contribution in [0.25, 0.3) is 4.98 Å². The first-order valence-electron chi connectivity index (χ1n) is 7.36. The van der Waals surface area contributed by atoms with Gasteiger partial charge in [-0.1, -0.05) is 0 Å². The summed E-state index contributed by atoms with van der Waals surface area (Å²) in [4.78, 5) is 5.46. The van der Waals surface area contributed by atoms with Gasteiger partial charge in [0.1, 0.15) is 16.5 Å². The monoisotopic (exact) mass is 292 g/mol. The van der Waals surface area contributed by atoms with Crippen LogP contribution in [0.2, 0.25) is 0 Å². The van der Waals surface area contributed by atoms with Gasteiger partial charge >= 0.3 is 6.54 Å². The van der Waals surface area contributed by atoms with E-state index in [1.807, 2.05) is 26.0 Å². The normalized spacial score (nSPS) is 14.6. The minimum atomic E-state index is 0.193. The standard InChI is InChI=1S/C15H22N3O3/c1-3-20-14-10-13(18-5-7-19-8-6-18)15(21-4-2)9-12(14)11-17-16/h9-10H,3-8,11H2,1-2H3/q+1. The Balaban J connectivity index is 2.39. The van der Waals surface area contributed by atoms with Gasteiger partial charge in [-0.3, -0.25) is 0 Å². The van der Waals surface area contributed by atoms with Gasteiger partial charge in [-0.15, -0.1) is 0 Å². The molecule has 1 aliphatic rings. The lowest BCUT2D eigenvalue weighted by atomic mass is 10.1. The van der Waals surface area contributed by atoms with Crippen molar-refractivity contribution in [1.82, 2.24) is 0 Å². The average Bonchev–Trinajstić information content (AvgIpc) is 2.51. The van der Waals surface area contributed by atoms with Crippen LogP contribution in [0.3, 0.4) is 0 Å². The van der Waals surface area contributed by atoms with E-state index in [9.17, 15) is 0 Å². The molecule has 21 heavy (non-hydrogen) atoms. The molecule has 0 aromatic heterocycles. The number of morpholine rings is 1. The van der Waals surface area contributed by atoms with Gasteiger partial charge in [0, 0.05) is 19.2 Å². The van der Waals surface area contributed by atoms with Crippen LogP contribution in [-0.2, 0) is 11.3 Å². The molecule has 1 saturated heterocycles. The van der Waals surface area contributed by atoms with Crippen molar-refractivity contribution >= 4 is 5.69 Å². The molecule has 0 amide bonds. The third kappa shape index (κ3) is 3.76. The van der Waals surface area contributed by atoms with Gasteiger partial charge in [-0.25, -0.2) is 0 Å². The third-order valence-electron chi connectivity index (χ3n) is 3.33. The van der Waals surface area contributed by atoms with E-state index in [0.29, 0.717) is 26.4 Å². The van der Waals surface area contributed by atoms with E-state index in [0.717, 1.165) is 35.8 Å². The highest BCUT2D eigenvalue weighted by Gasteiger charge is 2.21. The summed E-state index contributed by atoms with van der Waals surface area (Å²) < 4.78 is 16.8. The molecule has 1 aromatic rings. The van der Waals surface area contributed by atoms with E-state index in [1.54, 1.807) is 0 Å². The van der Waals surface area contributed by atoms with E-state index in [2.05, 4.69) is 9.88 Å². The van der Waals surface area contributed by atoms with E-state index in [1.165, 1.54) is 0 Å². The van der Waals surface area contributed by atoms with Gasteiger partial charge in [-0.05, 0) is 19.9 Å². The number of rotatable bonds is 6. The Hall–Kier alpha value is -2.00. The maximum Gasteiger partial charge on any atom is 0.334 e. The first-order chi connectivity index (χ1) is 10.3. The van der Waals surface area contributed by atoms with Crippen molar-refractivity contribution in [3.05, 3.63) is 22.7 Å². The molecule has 2 rings (SSSR count). The number of hydrogen-bond donors (Lipinski definition) is 0. The third-order valence-corrected chi connectivity index (χ3v) is 3.33. The second-order valence-electron chi connectivity index (χ2n) is 4.69. The van der Waals surface area contributed by atoms with E-state index < -0.39 is 0 Å². The van der Waals surface area contributed by atoms with Crippen LogP contribution >= 0.6 is 0 Å². The summed E-state index contributed by atoms with van der Waals surface area (Å²) in [6, 6.07) is 3.87. The zero-order chi connectivity index (χ0) is 15.1. The fourth-order valence-electron chi connectivity index (χ4n) is 2.40. The molecule has 0 unspecified atom stereocenters. The van der Waals surface area contributed by atoms with Gasteiger partial charge in [0.15, 0.2) is 0 Å². The summed E-state index contributed by atoms with van der Waals surface area (Å²) in [5.74, 6) is 1.53. The Morgan fingerprint density at radius 3 is 2.43 bits per heavy atom. The van der Waals surface area contributed by atoms with E-state index in [-0.39, 0.29) is 6.54 Å². The highest BCUT2D eigenvalue weighted by Crippen LogP contribution is 2.36. The molecule has 0 spiro atoms. The summed E-state index contributed by atoms with van der Waals surface area (Å²) in [6.45, 7) is 8.31. The Morgan fingerprint density at radius 2 is 1.81 bits per heavy atom. The molecule has 0 bridgehead atoms. The minimum Gasteiger partial charge on any atom is -0.493 e. The number of ether oxygens (including phenoxy) is 3. The Morgan fingerprint density at radius 1 is 1.14 bits per heavy atom. The summed E-state index contributed by atoms with van der Waals surface area (Å²) in [6.07, 6.45) is 0. The van der Waals surface area contributed by atoms with Crippen LogP contribution in [0.5, 0.6) is 11.5 Å². The van der Waals surface area contributed by atoms with Crippen molar-refractivity contribution in [3.63, 3.8) is 0 Å². The lowest BCUT2D eigenvalue weighted by molar-refractivity contribution is 0.122. The van der Waals surface area contributed by atoms with Gasteiger partial charge in [-0.2, -0.15) is 0 Å². The molecule has 1 aliphatic heterocycles. The Labute approximate surface area is 125 Å². The van der Waals surface area contributed by atoms with Crippen molar-refractivity contribution in [2.75, 3.05) is 44.4 Å². The molecule has 1 fully saturated rings. The highest BCUT2D eigenvalue weighted by molar-refractivity contribution is 5.64. The number of diazo groups is 1. The van der Waals surface area contributed by atoms with Crippen LogP contribution in [0, 0.1) is 5.39 Å². The molecule has 1 heterocycles. The molecule has 0 atom stereocenters. The molecular formula is C15H22N3O3+. The van der Waals surface area contributed by atoms with Crippen LogP contribution in [-0.4, -0.2) is 39.5 Å². The van der Waals surface area contributed by atoms with E-state index in [4.69, 9.17) is 19.6 Å². The van der Waals surface area contributed by atoms with Crippen LogP contribution < -0.4 is 14.4 Å². The smallest absolute Gasteiger partial charge is 0.334 e. The van der Waals surface area contributed by atoms with Crippen molar-refractivity contribution in [2.24, 2.45) is 0 Å². The highest BCUT2D eigenvalue weighted by atomic mass is 16.5. The van der Waals surface area contributed by atoms with Gasteiger partial charge in [0.2, 0.25) is 5.39 Å². The van der Waals surface area contributed by atoms with Crippen LogP contribution in [0.1, 0.15) is 19.4 Å². The first-order valence-corrected chi connectivity index (χ1v) is 7.36. The van der Waals surface area contributed by atoms with Gasteiger partial charge in [0.05, 0.1) is 37.7 Å². The fraction of sp³-hybridized carbons (Fsp3) is 0.600. The molecule has 0 saturated carbocycles. The predicted octanol–water partition coefficient (Wildman–Crippen LogP) is 2.67.